The van der Waals surface area contributed by atoms with Gasteiger partial charge in [-0.15, -0.1) is 24.8 Å². The molecule has 2 bridgehead atoms. The van der Waals surface area contributed by atoms with Gasteiger partial charge in [0.25, 0.3) is 0 Å². The van der Waals surface area contributed by atoms with Crippen molar-refractivity contribution in [3.05, 3.63) is 0 Å². The molecule has 3 aliphatic heterocycles. The molecule has 3 fully saturated rings. The summed E-state index contributed by atoms with van der Waals surface area (Å²) in [6, 6.07) is 0.830. The van der Waals surface area contributed by atoms with Crippen LogP contribution < -0.4 is 5.32 Å². The Kier molecular flexibility index (Phi) is 8.95. The number of halogens is 2. The topological polar surface area (TPSA) is 44.8 Å². The zero-order chi connectivity index (χ0) is 16.6. The lowest BCUT2D eigenvalue weighted by Gasteiger charge is -2.43. The summed E-state index contributed by atoms with van der Waals surface area (Å²) in [7, 11) is 0. The molecule has 1 amide bonds. The first-order chi connectivity index (χ1) is 11.0. The van der Waals surface area contributed by atoms with Gasteiger partial charge in [0.1, 0.15) is 0 Å². The summed E-state index contributed by atoms with van der Waals surface area (Å²) in [6.45, 7) is 12.3. The first kappa shape index (κ1) is 23.0. The number of fused-ring (bicyclic) bond motifs is 2. The van der Waals surface area contributed by atoms with Crippen LogP contribution in [-0.2, 0) is 9.53 Å². The third-order valence-electron chi connectivity index (χ3n) is 5.63. The normalized spacial score (nSPS) is 34.0. The molecule has 5 unspecified atom stereocenters. The van der Waals surface area contributed by atoms with E-state index in [0.717, 1.165) is 39.0 Å². The van der Waals surface area contributed by atoms with Crippen molar-refractivity contribution in [3.8, 4) is 0 Å². The second-order valence-electron chi connectivity index (χ2n) is 8.02. The van der Waals surface area contributed by atoms with Gasteiger partial charge in [0.2, 0.25) is 5.91 Å². The van der Waals surface area contributed by atoms with Crippen LogP contribution in [0.25, 0.3) is 0 Å². The average Bonchev–Trinajstić information content (AvgIpc) is 2.70. The second-order valence-corrected chi connectivity index (χ2v) is 8.02. The van der Waals surface area contributed by atoms with Crippen molar-refractivity contribution in [1.82, 2.24) is 15.1 Å². The molecule has 3 heterocycles. The van der Waals surface area contributed by atoms with Gasteiger partial charge in [0, 0.05) is 31.7 Å². The van der Waals surface area contributed by atoms with Gasteiger partial charge < -0.3 is 15.0 Å². The van der Waals surface area contributed by atoms with Crippen molar-refractivity contribution in [3.63, 3.8) is 0 Å². The van der Waals surface area contributed by atoms with Gasteiger partial charge in [-0.05, 0) is 45.6 Å². The Morgan fingerprint density at radius 2 is 1.64 bits per heavy atom. The molecule has 0 radical (unpaired) electrons. The number of hydrogen-bond donors (Lipinski definition) is 1. The number of nitrogens with zero attached hydrogens (tertiary/aromatic N) is 2. The first-order valence-corrected chi connectivity index (χ1v) is 9.39. The monoisotopic (exact) mass is 395 g/mol. The highest BCUT2D eigenvalue weighted by molar-refractivity contribution is 5.85. The number of morpholine rings is 1. The Morgan fingerprint density at radius 3 is 2.24 bits per heavy atom. The molecule has 1 N–H and O–H groups in total. The molecule has 5 nitrogen and oxygen atoms in total. The molecule has 148 valence electrons. The minimum Gasteiger partial charge on any atom is -0.373 e. The van der Waals surface area contributed by atoms with Crippen molar-refractivity contribution in [1.29, 1.82) is 0 Å². The molecule has 3 rings (SSSR count). The lowest BCUT2D eigenvalue weighted by molar-refractivity contribution is -0.148. The summed E-state index contributed by atoms with van der Waals surface area (Å²) in [6.07, 6.45) is 3.84. The van der Waals surface area contributed by atoms with E-state index in [2.05, 4.69) is 42.8 Å². The summed E-state index contributed by atoms with van der Waals surface area (Å²) in [5, 5.41) is 3.50. The van der Waals surface area contributed by atoms with E-state index in [1.165, 1.54) is 6.42 Å². The molecule has 0 aromatic heterocycles. The summed E-state index contributed by atoms with van der Waals surface area (Å²) < 4.78 is 5.87. The molecule has 7 heteroatoms. The van der Waals surface area contributed by atoms with Crippen LogP contribution in [0.4, 0.5) is 0 Å². The SMILES string of the molecule is CC1CN(C(C(=O)N2C3CCNCC2CC3)C(C)C)CC(C)O1.Cl.Cl. The quantitative estimate of drug-likeness (QED) is 0.795. The van der Waals surface area contributed by atoms with Crippen LogP contribution >= 0.6 is 24.8 Å². The Bertz CT molecular complexity index is 415. The van der Waals surface area contributed by atoms with Gasteiger partial charge in [0.15, 0.2) is 0 Å². The van der Waals surface area contributed by atoms with E-state index in [4.69, 9.17) is 4.74 Å². The van der Waals surface area contributed by atoms with Crippen molar-refractivity contribution in [2.75, 3.05) is 26.2 Å². The molecule has 0 spiro atoms. The zero-order valence-corrected chi connectivity index (χ0v) is 17.6. The maximum absolute atomic E-state index is 13.5. The van der Waals surface area contributed by atoms with E-state index < -0.39 is 0 Å². The van der Waals surface area contributed by atoms with Crippen LogP contribution in [0, 0.1) is 5.92 Å². The van der Waals surface area contributed by atoms with Crippen LogP contribution in [0.2, 0.25) is 0 Å². The molecule has 3 saturated heterocycles. The average molecular weight is 396 g/mol. The minimum atomic E-state index is -0.00926. The molecule has 3 aliphatic rings. The Labute approximate surface area is 165 Å². The largest absolute Gasteiger partial charge is 0.373 e. The van der Waals surface area contributed by atoms with E-state index in [1.807, 2.05) is 0 Å². The molecule has 25 heavy (non-hydrogen) atoms. The van der Waals surface area contributed by atoms with E-state index in [0.29, 0.717) is 23.9 Å². The highest BCUT2D eigenvalue weighted by atomic mass is 35.5. The maximum Gasteiger partial charge on any atom is 0.240 e. The van der Waals surface area contributed by atoms with Gasteiger partial charge in [-0.2, -0.15) is 0 Å². The van der Waals surface area contributed by atoms with Crippen molar-refractivity contribution >= 4 is 30.7 Å². The number of carbonyl (C=O) groups excluding carboxylic acids is 1. The van der Waals surface area contributed by atoms with Gasteiger partial charge in [0.05, 0.1) is 18.2 Å². The number of hydrogen-bond acceptors (Lipinski definition) is 4. The van der Waals surface area contributed by atoms with Crippen molar-refractivity contribution < 1.29 is 9.53 Å². The predicted octanol–water partition coefficient (Wildman–Crippen LogP) is 2.32. The third-order valence-corrected chi connectivity index (χ3v) is 5.63. The lowest BCUT2D eigenvalue weighted by atomic mass is 9.98. The Balaban J connectivity index is 0.00000156. The number of nitrogens with one attached hydrogen (secondary N) is 1. The van der Waals surface area contributed by atoms with Crippen LogP contribution in [0.3, 0.4) is 0 Å². The van der Waals surface area contributed by atoms with Gasteiger partial charge in [-0.25, -0.2) is 0 Å². The number of rotatable bonds is 3. The molecule has 0 aliphatic carbocycles. The number of ether oxygens (including phenoxy) is 1. The summed E-state index contributed by atoms with van der Waals surface area (Å²) >= 11 is 0. The summed E-state index contributed by atoms with van der Waals surface area (Å²) in [5.74, 6) is 0.688. The number of carbonyl (C=O) groups is 1. The van der Waals surface area contributed by atoms with E-state index >= 15 is 0 Å². The lowest BCUT2D eigenvalue weighted by Crippen LogP contribution is -2.59. The first-order valence-electron chi connectivity index (χ1n) is 9.39. The van der Waals surface area contributed by atoms with E-state index in [1.54, 1.807) is 0 Å². The van der Waals surface area contributed by atoms with Crippen molar-refractivity contribution in [2.45, 2.75) is 77.3 Å². The Morgan fingerprint density at radius 1 is 1.04 bits per heavy atom. The smallest absolute Gasteiger partial charge is 0.240 e. The fourth-order valence-corrected chi connectivity index (χ4v) is 4.80. The fourth-order valence-electron chi connectivity index (χ4n) is 4.80. The third kappa shape index (κ3) is 5.01. The van der Waals surface area contributed by atoms with Gasteiger partial charge in [-0.3, -0.25) is 9.69 Å². The molecule has 5 atom stereocenters. The predicted molar refractivity (Wildman–Crippen MR) is 106 cm³/mol. The van der Waals surface area contributed by atoms with E-state index in [9.17, 15) is 4.79 Å². The maximum atomic E-state index is 13.5. The highest BCUT2D eigenvalue weighted by Crippen LogP contribution is 2.31. The number of amides is 1. The Hall–Kier alpha value is -0.0700. The molecular formula is C18H35Cl2N3O2. The summed E-state index contributed by atoms with van der Waals surface area (Å²) in [4.78, 5) is 18.1. The van der Waals surface area contributed by atoms with Crippen LogP contribution in [-0.4, -0.2) is 72.2 Å². The van der Waals surface area contributed by atoms with Gasteiger partial charge in [-0.1, -0.05) is 13.8 Å². The standard InChI is InChI=1S/C18H33N3O2.2ClH/c1-12(2)17(20-10-13(3)23-14(4)11-20)18(22)21-15-5-6-16(21)9-19-8-7-15;;/h12-17,19H,5-11H2,1-4H3;2*1H. The van der Waals surface area contributed by atoms with Crippen LogP contribution in [0.1, 0.15) is 47.0 Å². The van der Waals surface area contributed by atoms with Crippen LogP contribution in [0.15, 0.2) is 0 Å². The molecule has 0 aromatic rings. The molecular weight excluding hydrogens is 361 g/mol. The fraction of sp³-hybridized carbons (Fsp3) is 0.944. The van der Waals surface area contributed by atoms with Crippen LogP contribution in [0.5, 0.6) is 0 Å². The van der Waals surface area contributed by atoms with Gasteiger partial charge >= 0.3 is 0 Å². The molecule has 0 saturated carbocycles. The molecule has 0 aromatic carbocycles. The summed E-state index contributed by atoms with van der Waals surface area (Å²) in [5.41, 5.74) is 0. The van der Waals surface area contributed by atoms with Crippen molar-refractivity contribution in [2.24, 2.45) is 5.92 Å². The minimum absolute atomic E-state index is 0. The van der Waals surface area contributed by atoms with E-state index in [-0.39, 0.29) is 43.1 Å². The zero-order valence-electron chi connectivity index (χ0n) is 15.9. The highest BCUT2D eigenvalue weighted by Gasteiger charge is 2.43. The second kappa shape index (κ2) is 9.75.